The number of tetrazole rings is 1. The fourth-order valence-electron chi connectivity index (χ4n) is 5.77. The van der Waals surface area contributed by atoms with Gasteiger partial charge in [0.1, 0.15) is 17.3 Å². The standard InChI is InChI=1S/C31H29N9O2/c1-20-35-37-40(36-20)29(21-6-4-3-5-7-21)22-11-14-39(15-12-22)31(41)26-17-24(10-13-33-26)30-34-25-16-23(8-9-28(25)42-30)27-18-32-19-38(27)2/h3-10,13,16-19,22,29H,11-12,14-15H2,1-2H3/t29-/m0/s1. The van der Waals surface area contributed by atoms with E-state index in [1.165, 1.54) is 0 Å². The summed E-state index contributed by atoms with van der Waals surface area (Å²) in [5, 5.41) is 12.9. The SMILES string of the molecule is Cc1nnn([C@@H](c2ccccc2)C2CCN(C(=O)c3cc(-c4nc5cc(-c6cncn6C)ccc5o4)ccn3)CC2)n1. The molecular weight excluding hydrogens is 530 g/mol. The van der Waals surface area contributed by atoms with Crippen molar-refractivity contribution in [2.45, 2.75) is 25.8 Å². The molecule has 2 aromatic carbocycles. The Kier molecular flexibility index (Phi) is 6.54. The number of oxazole rings is 1. The van der Waals surface area contributed by atoms with Gasteiger partial charge in [0, 0.05) is 37.5 Å². The van der Waals surface area contributed by atoms with Gasteiger partial charge in [0.25, 0.3) is 5.91 Å². The van der Waals surface area contributed by atoms with E-state index in [0.29, 0.717) is 41.6 Å². The second kappa shape index (κ2) is 10.7. The number of nitrogens with zero attached hydrogens (tertiary/aromatic N) is 9. The summed E-state index contributed by atoms with van der Waals surface area (Å²) in [7, 11) is 1.95. The van der Waals surface area contributed by atoms with Crippen LogP contribution in [0.25, 0.3) is 33.8 Å². The number of piperidine rings is 1. The Morgan fingerprint density at radius 3 is 2.60 bits per heavy atom. The van der Waals surface area contributed by atoms with Crippen LogP contribution < -0.4 is 0 Å². The third-order valence-electron chi connectivity index (χ3n) is 7.92. The molecule has 7 rings (SSSR count). The van der Waals surface area contributed by atoms with Crippen LogP contribution in [-0.2, 0) is 7.05 Å². The number of carbonyl (C=O) groups is 1. The van der Waals surface area contributed by atoms with Gasteiger partial charge in [-0.1, -0.05) is 30.3 Å². The van der Waals surface area contributed by atoms with Crippen LogP contribution in [0.15, 0.2) is 83.8 Å². The van der Waals surface area contributed by atoms with Gasteiger partial charge in [0.05, 0.1) is 18.2 Å². The Morgan fingerprint density at radius 2 is 1.86 bits per heavy atom. The number of aryl methyl sites for hydroxylation is 2. The molecule has 0 saturated carbocycles. The molecule has 1 atom stereocenters. The minimum atomic E-state index is -0.101. The smallest absolute Gasteiger partial charge is 0.272 e. The monoisotopic (exact) mass is 559 g/mol. The molecule has 1 aliphatic heterocycles. The van der Waals surface area contributed by atoms with Crippen molar-refractivity contribution in [2.24, 2.45) is 13.0 Å². The van der Waals surface area contributed by atoms with Crippen molar-refractivity contribution in [3.05, 3.63) is 96.5 Å². The molecule has 0 bridgehead atoms. The van der Waals surface area contributed by atoms with Crippen LogP contribution in [0.2, 0.25) is 0 Å². The zero-order valence-corrected chi connectivity index (χ0v) is 23.3. The van der Waals surface area contributed by atoms with Crippen molar-refractivity contribution >= 4 is 17.0 Å². The average Bonchev–Trinajstić information content (AvgIpc) is 3.77. The maximum atomic E-state index is 13.5. The van der Waals surface area contributed by atoms with Gasteiger partial charge in [0.15, 0.2) is 11.4 Å². The third kappa shape index (κ3) is 4.83. The third-order valence-corrected chi connectivity index (χ3v) is 7.92. The van der Waals surface area contributed by atoms with Crippen molar-refractivity contribution in [1.82, 2.24) is 44.6 Å². The van der Waals surface area contributed by atoms with E-state index in [9.17, 15) is 4.79 Å². The lowest BCUT2D eigenvalue weighted by atomic mass is 9.85. The molecule has 1 saturated heterocycles. The highest BCUT2D eigenvalue weighted by Crippen LogP contribution is 2.34. The molecule has 5 heterocycles. The van der Waals surface area contributed by atoms with Crippen LogP contribution in [0.4, 0.5) is 0 Å². The number of likely N-dealkylation sites (tertiary alicyclic amines) is 1. The highest BCUT2D eigenvalue weighted by Gasteiger charge is 2.32. The van der Waals surface area contributed by atoms with Gasteiger partial charge in [-0.2, -0.15) is 4.80 Å². The molecule has 0 unspecified atom stereocenters. The molecule has 11 nitrogen and oxygen atoms in total. The van der Waals surface area contributed by atoms with Crippen LogP contribution in [0.5, 0.6) is 0 Å². The van der Waals surface area contributed by atoms with Gasteiger partial charge in [-0.3, -0.25) is 9.78 Å². The second-order valence-corrected chi connectivity index (χ2v) is 10.7. The van der Waals surface area contributed by atoms with Crippen molar-refractivity contribution in [1.29, 1.82) is 0 Å². The normalized spacial score (nSPS) is 14.9. The van der Waals surface area contributed by atoms with Crippen molar-refractivity contribution in [3.63, 3.8) is 0 Å². The van der Waals surface area contributed by atoms with Gasteiger partial charge in [0.2, 0.25) is 5.89 Å². The first-order chi connectivity index (χ1) is 20.5. The van der Waals surface area contributed by atoms with Gasteiger partial charge >= 0.3 is 0 Å². The minimum absolute atomic E-state index is 0.0383. The van der Waals surface area contributed by atoms with Crippen LogP contribution in [0, 0.1) is 12.8 Å². The van der Waals surface area contributed by atoms with E-state index >= 15 is 0 Å². The molecule has 0 spiro atoms. The quantitative estimate of drug-likeness (QED) is 0.287. The van der Waals surface area contributed by atoms with E-state index in [4.69, 9.17) is 9.40 Å². The number of carbonyl (C=O) groups excluding carboxylic acids is 1. The van der Waals surface area contributed by atoms with E-state index in [1.807, 2.05) is 72.1 Å². The Bertz CT molecular complexity index is 1870. The second-order valence-electron chi connectivity index (χ2n) is 10.7. The maximum Gasteiger partial charge on any atom is 0.272 e. The van der Waals surface area contributed by atoms with Crippen LogP contribution in [0.1, 0.15) is 40.8 Å². The summed E-state index contributed by atoms with van der Waals surface area (Å²) >= 11 is 0. The summed E-state index contributed by atoms with van der Waals surface area (Å²) in [5.74, 6) is 1.25. The molecule has 4 aromatic heterocycles. The van der Waals surface area contributed by atoms with Crippen LogP contribution in [-0.4, -0.2) is 63.6 Å². The summed E-state index contributed by atoms with van der Waals surface area (Å²) in [6, 6.07) is 19.7. The van der Waals surface area contributed by atoms with E-state index in [-0.39, 0.29) is 17.9 Å². The van der Waals surface area contributed by atoms with E-state index in [2.05, 4.69) is 37.5 Å². The summed E-state index contributed by atoms with van der Waals surface area (Å²) in [6.07, 6.45) is 6.85. The highest BCUT2D eigenvalue weighted by atomic mass is 16.3. The summed E-state index contributed by atoms with van der Waals surface area (Å²) in [4.78, 5) is 30.5. The number of benzene rings is 2. The van der Waals surface area contributed by atoms with E-state index in [0.717, 1.165) is 35.2 Å². The van der Waals surface area contributed by atoms with Crippen molar-refractivity contribution < 1.29 is 9.21 Å². The van der Waals surface area contributed by atoms with Crippen LogP contribution >= 0.6 is 0 Å². The van der Waals surface area contributed by atoms with Crippen molar-refractivity contribution in [2.75, 3.05) is 13.1 Å². The number of amides is 1. The molecule has 6 aromatic rings. The zero-order chi connectivity index (χ0) is 28.6. The number of aromatic nitrogens is 8. The fourth-order valence-corrected chi connectivity index (χ4v) is 5.77. The molecule has 42 heavy (non-hydrogen) atoms. The maximum absolute atomic E-state index is 13.5. The zero-order valence-electron chi connectivity index (χ0n) is 23.3. The Hall–Kier alpha value is -5.19. The number of hydrogen-bond acceptors (Lipinski definition) is 8. The first-order valence-electron chi connectivity index (χ1n) is 14.0. The first-order valence-corrected chi connectivity index (χ1v) is 14.0. The predicted octanol–water partition coefficient (Wildman–Crippen LogP) is 4.73. The van der Waals surface area contributed by atoms with E-state index < -0.39 is 0 Å². The largest absolute Gasteiger partial charge is 0.436 e. The summed E-state index contributed by atoms with van der Waals surface area (Å²) in [5.41, 5.74) is 5.62. The van der Waals surface area contributed by atoms with Gasteiger partial charge in [-0.25, -0.2) is 9.97 Å². The van der Waals surface area contributed by atoms with E-state index in [1.54, 1.807) is 23.4 Å². The molecule has 0 aliphatic carbocycles. The average molecular weight is 560 g/mol. The lowest BCUT2D eigenvalue weighted by Gasteiger charge is -2.35. The number of hydrogen-bond donors (Lipinski definition) is 0. The predicted molar refractivity (Wildman–Crippen MR) is 155 cm³/mol. The lowest BCUT2D eigenvalue weighted by Crippen LogP contribution is -2.41. The summed E-state index contributed by atoms with van der Waals surface area (Å²) < 4.78 is 8.02. The molecule has 0 radical (unpaired) electrons. The van der Waals surface area contributed by atoms with Gasteiger partial charge < -0.3 is 13.9 Å². The number of fused-ring (bicyclic) bond motifs is 1. The first kappa shape index (κ1) is 25.8. The van der Waals surface area contributed by atoms with Gasteiger partial charge in [-0.05, 0) is 66.8 Å². The van der Waals surface area contributed by atoms with Crippen LogP contribution in [0.3, 0.4) is 0 Å². The molecule has 1 aliphatic rings. The summed E-state index contributed by atoms with van der Waals surface area (Å²) in [6.45, 7) is 3.08. The Morgan fingerprint density at radius 1 is 1.02 bits per heavy atom. The molecule has 1 amide bonds. The topological polar surface area (TPSA) is 121 Å². The Balaban J connectivity index is 1.08. The molecular formula is C31H29N9O2. The Labute approximate surface area is 241 Å². The molecule has 210 valence electrons. The molecule has 1 fully saturated rings. The molecule has 11 heteroatoms. The van der Waals surface area contributed by atoms with Crippen molar-refractivity contribution in [3.8, 4) is 22.7 Å². The minimum Gasteiger partial charge on any atom is -0.436 e. The molecule has 0 N–H and O–H groups in total. The fraction of sp³-hybridized carbons (Fsp3) is 0.258. The highest BCUT2D eigenvalue weighted by molar-refractivity contribution is 5.93. The number of pyridine rings is 1. The number of imidazole rings is 1. The van der Waals surface area contributed by atoms with Gasteiger partial charge in [-0.15, -0.1) is 10.2 Å². The number of rotatable bonds is 6. The lowest BCUT2D eigenvalue weighted by molar-refractivity contribution is 0.0658.